The number of nitrogens with one attached hydrogen (secondary N) is 1. The van der Waals surface area contributed by atoms with Crippen LogP contribution in [0.4, 0.5) is 0 Å². The number of carbonyl (C=O) groups excluding carboxylic acids is 1. The van der Waals surface area contributed by atoms with Crippen LogP contribution in [0.3, 0.4) is 0 Å². The zero-order valence-electron chi connectivity index (χ0n) is 15.1. The fourth-order valence-electron chi connectivity index (χ4n) is 2.73. The second-order valence-corrected chi connectivity index (χ2v) is 7.58. The van der Waals surface area contributed by atoms with Crippen LogP contribution >= 0.6 is 0 Å². The molecule has 128 valence electrons. The molecule has 4 nitrogen and oxygen atoms in total. The number of hydrogen-bond acceptors (Lipinski definition) is 4. The van der Waals surface area contributed by atoms with Crippen molar-refractivity contribution in [3.8, 4) is 5.75 Å². The SMILES string of the molecule is CC(C)Oc1ccc(C(C)(C)C)cc1C(=O)CN1CCNCC1. The first kappa shape index (κ1) is 18.0. The molecule has 0 aliphatic carbocycles. The van der Waals surface area contributed by atoms with Crippen molar-refractivity contribution in [2.45, 2.75) is 46.1 Å². The highest BCUT2D eigenvalue weighted by Gasteiger charge is 2.22. The standard InChI is InChI=1S/C19H30N2O2/c1-14(2)23-18-7-6-15(19(3,4)5)12-16(18)17(22)13-21-10-8-20-9-11-21/h6-7,12,14,20H,8-11,13H2,1-5H3. The average molecular weight is 318 g/mol. The van der Waals surface area contributed by atoms with E-state index in [-0.39, 0.29) is 17.3 Å². The lowest BCUT2D eigenvalue weighted by atomic mass is 9.85. The Hall–Kier alpha value is -1.39. The van der Waals surface area contributed by atoms with E-state index in [1.165, 1.54) is 0 Å². The van der Waals surface area contributed by atoms with Crippen molar-refractivity contribution >= 4 is 5.78 Å². The molecule has 0 saturated carbocycles. The summed E-state index contributed by atoms with van der Waals surface area (Å²) < 4.78 is 5.87. The quantitative estimate of drug-likeness (QED) is 0.848. The van der Waals surface area contributed by atoms with E-state index >= 15 is 0 Å². The van der Waals surface area contributed by atoms with Crippen LogP contribution in [-0.2, 0) is 5.41 Å². The van der Waals surface area contributed by atoms with Gasteiger partial charge in [-0.3, -0.25) is 9.69 Å². The minimum absolute atomic E-state index is 0.0143. The van der Waals surface area contributed by atoms with Gasteiger partial charge in [-0.15, -0.1) is 0 Å². The van der Waals surface area contributed by atoms with Crippen molar-refractivity contribution < 1.29 is 9.53 Å². The molecular formula is C19H30N2O2. The van der Waals surface area contributed by atoms with Gasteiger partial charge in [-0.1, -0.05) is 26.8 Å². The average Bonchev–Trinajstić information content (AvgIpc) is 2.46. The molecular weight excluding hydrogens is 288 g/mol. The van der Waals surface area contributed by atoms with Crippen molar-refractivity contribution in [2.75, 3.05) is 32.7 Å². The number of carbonyl (C=O) groups is 1. The third-order valence-corrected chi connectivity index (χ3v) is 4.09. The van der Waals surface area contributed by atoms with E-state index in [1.54, 1.807) is 0 Å². The van der Waals surface area contributed by atoms with Gasteiger partial charge in [-0.05, 0) is 37.0 Å². The Bertz CT molecular complexity index is 541. The number of benzene rings is 1. The monoisotopic (exact) mass is 318 g/mol. The van der Waals surface area contributed by atoms with Gasteiger partial charge in [0.05, 0.1) is 18.2 Å². The molecule has 0 radical (unpaired) electrons. The Labute approximate surface area is 140 Å². The number of piperazine rings is 1. The minimum Gasteiger partial charge on any atom is -0.490 e. The van der Waals surface area contributed by atoms with Gasteiger partial charge in [-0.25, -0.2) is 0 Å². The Morgan fingerprint density at radius 2 is 1.91 bits per heavy atom. The predicted octanol–water partition coefficient (Wildman–Crippen LogP) is 2.86. The van der Waals surface area contributed by atoms with E-state index in [4.69, 9.17) is 4.74 Å². The molecule has 1 aliphatic rings. The van der Waals surface area contributed by atoms with Gasteiger partial charge in [0.25, 0.3) is 0 Å². The molecule has 0 bridgehead atoms. The van der Waals surface area contributed by atoms with Crippen molar-refractivity contribution in [1.29, 1.82) is 0 Å². The minimum atomic E-state index is 0.0143. The fraction of sp³-hybridized carbons (Fsp3) is 0.632. The van der Waals surface area contributed by atoms with Gasteiger partial charge in [0, 0.05) is 26.2 Å². The fourth-order valence-corrected chi connectivity index (χ4v) is 2.73. The summed E-state index contributed by atoms with van der Waals surface area (Å²) in [6, 6.07) is 6.03. The number of ether oxygens (including phenoxy) is 1. The van der Waals surface area contributed by atoms with E-state index in [2.05, 4.69) is 37.1 Å². The van der Waals surface area contributed by atoms with Gasteiger partial charge in [0.2, 0.25) is 0 Å². The topological polar surface area (TPSA) is 41.6 Å². The first-order valence-electron chi connectivity index (χ1n) is 8.55. The van der Waals surface area contributed by atoms with Crippen LogP contribution < -0.4 is 10.1 Å². The molecule has 1 aromatic carbocycles. The molecule has 1 aliphatic heterocycles. The maximum Gasteiger partial charge on any atom is 0.180 e. The molecule has 0 atom stereocenters. The van der Waals surface area contributed by atoms with E-state index in [1.807, 2.05) is 26.0 Å². The smallest absolute Gasteiger partial charge is 0.180 e. The van der Waals surface area contributed by atoms with Crippen LogP contribution in [0, 0.1) is 0 Å². The second-order valence-electron chi connectivity index (χ2n) is 7.58. The largest absolute Gasteiger partial charge is 0.490 e. The maximum absolute atomic E-state index is 12.9. The highest BCUT2D eigenvalue weighted by molar-refractivity contribution is 6.00. The van der Waals surface area contributed by atoms with Crippen LogP contribution in [0.1, 0.15) is 50.5 Å². The summed E-state index contributed by atoms with van der Waals surface area (Å²) in [4.78, 5) is 15.1. The summed E-state index contributed by atoms with van der Waals surface area (Å²) >= 11 is 0. The van der Waals surface area contributed by atoms with Crippen LogP contribution in [0.2, 0.25) is 0 Å². The van der Waals surface area contributed by atoms with Crippen LogP contribution in [0.5, 0.6) is 5.75 Å². The third-order valence-electron chi connectivity index (χ3n) is 4.09. The van der Waals surface area contributed by atoms with Crippen LogP contribution in [0.25, 0.3) is 0 Å². The molecule has 2 rings (SSSR count). The first-order chi connectivity index (χ1) is 10.8. The Morgan fingerprint density at radius 1 is 1.26 bits per heavy atom. The molecule has 0 amide bonds. The van der Waals surface area contributed by atoms with Gasteiger partial charge in [0.1, 0.15) is 5.75 Å². The van der Waals surface area contributed by atoms with Gasteiger partial charge in [0.15, 0.2) is 5.78 Å². The number of Topliss-reactive ketones (excluding diaryl/α,β-unsaturated/α-hetero) is 1. The van der Waals surface area contributed by atoms with Gasteiger partial charge in [-0.2, -0.15) is 0 Å². The van der Waals surface area contributed by atoms with E-state index in [0.29, 0.717) is 17.9 Å². The van der Waals surface area contributed by atoms with Crippen LogP contribution in [0.15, 0.2) is 18.2 Å². The number of rotatable bonds is 5. The zero-order valence-corrected chi connectivity index (χ0v) is 15.1. The second kappa shape index (κ2) is 7.45. The summed E-state index contributed by atoms with van der Waals surface area (Å²) in [6.07, 6.45) is 0.0567. The molecule has 1 N–H and O–H groups in total. The van der Waals surface area contributed by atoms with Crippen molar-refractivity contribution in [2.24, 2.45) is 0 Å². The highest BCUT2D eigenvalue weighted by Crippen LogP contribution is 2.29. The lowest BCUT2D eigenvalue weighted by Crippen LogP contribution is -2.45. The summed E-state index contributed by atoms with van der Waals surface area (Å²) in [6.45, 7) is 14.7. The molecule has 4 heteroatoms. The molecule has 0 spiro atoms. The summed E-state index contributed by atoms with van der Waals surface area (Å²) in [7, 11) is 0. The molecule has 1 fully saturated rings. The van der Waals surface area contributed by atoms with E-state index in [9.17, 15) is 4.79 Å². The van der Waals surface area contributed by atoms with Gasteiger partial charge < -0.3 is 10.1 Å². The number of nitrogens with zero attached hydrogens (tertiary/aromatic N) is 1. The Balaban J connectivity index is 2.25. The normalized spacial score (nSPS) is 16.6. The third kappa shape index (κ3) is 5.05. The first-order valence-corrected chi connectivity index (χ1v) is 8.55. The number of hydrogen-bond donors (Lipinski definition) is 1. The maximum atomic E-state index is 12.9. The predicted molar refractivity (Wildman–Crippen MR) is 94.5 cm³/mol. The van der Waals surface area contributed by atoms with Crippen molar-refractivity contribution in [3.05, 3.63) is 29.3 Å². The van der Waals surface area contributed by atoms with E-state index < -0.39 is 0 Å². The molecule has 0 unspecified atom stereocenters. The van der Waals surface area contributed by atoms with E-state index in [0.717, 1.165) is 31.7 Å². The lowest BCUT2D eigenvalue weighted by Gasteiger charge is -2.27. The highest BCUT2D eigenvalue weighted by atomic mass is 16.5. The molecule has 1 heterocycles. The lowest BCUT2D eigenvalue weighted by molar-refractivity contribution is 0.0915. The van der Waals surface area contributed by atoms with Crippen molar-refractivity contribution in [3.63, 3.8) is 0 Å². The zero-order chi connectivity index (χ0) is 17.0. The van der Waals surface area contributed by atoms with Crippen molar-refractivity contribution in [1.82, 2.24) is 10.2 Å². The number of ketones is 1. The molecule has 0 aromatic heterocycles. The molecule has 1 aromatic rings. The Morgan fingerprint density at radius 3 is 2.48 bits per heavy atom. The summed E-state index contributed by atoms with van der Waals surface area (Å²) in [5, 5.41) is 3.32. The Kier molecular flexibility index (Phi) is 5.82. The van der Waals surface area contributed by atoms with Crippen LogP contribution in [-0.4, -0.2) is 49.5 Å². The summed E-state index contributed by atoms with van der Waals surface area (Å²) in [5.74, 6) is 0.849. The molecule has 1 saturated heterocycles. The summed E-state index contributed by atoms with van der Waals surface area (Å²) in [5.41, 5.74) is 1.89. The molecule has 23 heavy (non-hydrogen) atoms. The van der Waals surface area contributed by atoms with Gasteiger partial charge >= 0.3 is 0 Å².